The summed E-state index contributed by atoms with van der Waals surface area (Å²) < 4.78 is 10.2. The second-order valence-corrected chi connectivity index (χ2v) is 2.91. The number of oxime groups is 1. The van der Waals surface area contributed by atoms with Crippen molar-refractivity contribution in [1.29, 1.82) is 0 Å². The van der Waals surface area contributed by atoms with Gasteiger partial charge in [0.15, 0.2) is 12.1 Å². The molecule has 0 amide bonds. The minimum atomic E-state index is -0.448. The molecular weight excluding hydrogens is 196 g/mol. The normalized spacial score (nSPS) is 12.1. The number of amidine groups is 1. The van der Waals surface area contributed by atoms with E-state index in [0.717, 1.165) is 5.56 Å². The van der Waals surface area contributed by atoms with E-state index < -0.39 is 6.29 Å². The standard InChI is InChI=1S/C10H14N2O3/c1-14-10(15-2)8-5-3-4-7(6-8)9(11)12-13/h3-6,10,13H,1-2H3,(H2,11,12). The third-order valence-corrected chi connectivity index (χ3v) is 1.99. The van der Waals surface area contributed by atoms with E-state index >= 15 is 0 Å². The van der Waals surface area contributed by atoms with Crippen LogP contribution in [0.1, 0.15) is 17.4 Å². The molecule has 0 saturated heterocycles. The summed E-state index contributed by atoms with van der Waals surface area (Å²) in [6.07, 6.45) is -0.448. The van der Waals surface area contributed by atoms with Gasteiger partial charge in [-0.1, -0.05) is 23.4 Å². The van der Waals surface area contributed by atoms with E-state index in [-0.39, 0.29) is 5.84 Å². The summed E-state index contributed by atoms with van der Waals surface area (Å²) in [5, 5.41) is 11.5. The molecule has 15 heavy (non-hydrogen) atoms. The van der Waals surface area contributed by atoms with Gasteiger partial charge in [0.1, 0.15) is 0 Å². The minimum absolute atomic E-state index is 0.0582. The van der Waals surface area contributed by atoms with Crippen LogP contribution in [0.5, 0.6) is 0 Å². The highest BCUT2D eigenvalue weighted by atomic mass is 16.7. The van der Waals surface area contributed by atoms with Crippen LogP contribution in [0.15, 0.2) is 29.4 Å². The van der Waals surface area contributed by atoms with Crippen molar-refractivity contribution in [2.75, 3.05) is 14.2 Å². The highest BCUT2D eigenvalue weighted by molar-refractivity contribution is 5.97. The Morgan fingerprint density at radius 1 is 1.40 bits per heavy atom. The number of hydrogen-bond donors (Lipinski definition) is 2. The lowest BCUT2D eigenvalue weighted by Crippen LogP contribution is -2.14. The molecule has 0 bridgehead atoms. The first-order valence-corrected chi connectivity index (χ1v) is 4.36. The van der Waals surface area contributed by atoms with Crippen LogP contribution < -0.4 is 5.73 Å². The summed E-state index contributed by atoms with van der Waals surface area (Å²) in [6.45, 7) is 0. The minimum Gasteiger partial charge on any atom is -0.409 e. The lowest BCUT2D eigenvalue weighted by molar-refractivity contribution is -0.106. The average molecular weight is 210 g/mol. The molecule has 1 rings (SSSR count). The first-order chi connectivity index (χ1) is 7.22. The molecule has 0 unspecified atom stereocenters. The van der Waals surface area contributed by atoms with Crippen LogP contribution in [-0.2, 0) is 9.47 Å². The van der Waals surface area contributed by atoms with E-state index in [1.165, 1.54) is 0 Å². The summed E-state index contributed by atoms with van der Waals surface area (Å²) in [6, 6.07) is 7.10. The third kappa shape index (κ3) is 2.68. The topological polar surface area (TPSA) is 77.1 Å². The molecule has 82 valence electrons. The Balaban J connectivity index is 3.01. The van der Waals surface area contributed by atoms with Crippen molar-refractivity contribution in [2.24, 2.45) is 10.9 Å². The zero-order valence-electron chi connectivity index (χ0n) is 8.68. The van der Waals surface area contributed by atoms with Crippen molar-refractivity contribution in [3.8, 4) is 0 Å². The van der Waals surface area contributed by atoms with Crippen LogP contribution in [0.2, 0.25) is 0 Å². The molecule has 5 nitrogen and oxygen atoms in total. The molecule has 0 atom stereocenters. The molecule has 0 aliphatic rings. The number of nitrogens with zero attached hydrogens (tertiary/aromatic N) is 1. The third-order valence-electron chi connectivity index (χ3n) is 1.99. The van der Waals surface area contributed by atoms with Crippen LogP contribution in [0.25, 0.3) is 0 Å². The Bertz CT molecular complexity index is 348. The van der Waals surface area contributed by atoms with Crippen molar-refractivity contribution >= 4 is 5.84 Å². The summed E-state index contributed by atoms with van der Waals surface area (Å²) in [5.41, 5.74) is 6.89. The Hall–Kier alpha value is -1.59. The number of ether oxygens (including phenoxy) is 2. The molecule has 0 aliphatic heterocycles. The summed E-state index contributed by atoms with van der Waals surface area (Å²) >= 11 is 0. The second-order valence-electron chi connectivity index (χ2n) is 2.91. The molecule has 0 fully saturated rings. The summed E-state index contributed by atoms with van der Waals surface area (Å²) in [7, 11) is 3.09. The smallest absolute Gasteiger partial charge is 0.183 e. The molecule has 0 aliphatic carbocycles. The van der Waals surface area contributed by atoms with E-state index in [1.54, 1.807) is 32.4 Å². The molecular formula is C10H14N2O3. The lowest BCUT2D eigenvalue weighted by atomic mass is 10.1. The van der Waals surface area contributed by atoms with E-state index in [2.05, 4.69) is 5.16 Å². The predicted octanol–water partition coefficient (Wildman–Crippen LogP) is 1.07. The Morgan fingerprint density at radius 2 is 2.07 bits per heavy atom. The largest absolute Gasteiger partial charge is 0.409 e. The Kier molecular flexibility index (Phi) is 4.08. The highest BCUT2D eigenvalue weighted by Crippen LogP contribution is 2.18. The van der Waals surface area contributed by atoms with Gasteiger partial charge in [-0.05, 0) is 6.07 Å². The van der Waals surface area contributed by atoms with Crippen LogP contribution in [0, 0.1) is 0 Å². The molecule has 1 aromatic rings. The van der Waals surface area contributed by atoms with Crippen LogP contribution in [-0.4, -0.2) is 25.3 Å². The van der Waals surface area contributed by atoms with E-state index in [9.17, 15) is 0 Å². The van der Waals surface area contributed by atoms with Crippen LogP contribution >= 0.6 is 0 Å². The zero-order chi connectivity index (χ0) is 11.3. The predicted molar refractivity (Wildman–Crippen MR) is 55.7 cm³/mol. The molecule has 0 saturated carbocycles. The summed E-state index contributed by atoms with van der Waals surface area (Å²) in [5.74, 6) is 0.0582. The Labute approximate surface area is 88.1 Å². The number of nitrogens with two attached hydrogens (primary N) is 1. The van der Waals surface area contributed by atoms with Crippen molar-refractivity contribution in [3.63, 3.8) is 0 Å². The first-order valence-electron chi connectivity index (χ1n) is 4.36. The molecule has 0 aromatic heterocycles. The van der Waals surface area contributed by atoms with Gasteiger partial charge in [-0.25, -0.2) is 0 Å². The molecule has 0 radical (unpaired) electrons. The maximum absolute atomic E-state index is 8.53. The van der Waals surface area contributed by atoms with Crippen molar-refractivity contribution in [2.45, 2.75) is 6.29 Å². The van der Waals surface area contributed by atoms with Gasteiger partial charge in [-0.2, -0.15) is 0 Å². The molecule has 5 heteroatoms. The number of rotatable bonds is 4. The number of methoxy groups -OCH3 is 2. The average Bonchev–Trinajstić information content (AvgIpc) is 2.30. The van der Waals surface area contributed by atoms with Crippen molar-refractivity contribution in [1.82, 2.24) is 0 Å². The number of benzene rings is 1. The first kappa shape index (κ1) is 11.5. The quantitative estimate of drug-likeness (QED) is 0.256. The van der Waals surface area contributed by atoms with Crippen molar-refractivity contribution in [3.05, 3.63) is 35.4 Å². The second kappa shape index (κ2) is 5.33. The van der Waals surface area contributed by atoms with Gasteiger partial charge >= 0.3 is 0 Å². The number of hydrogen-bond acceptors (Lipinski definition) is 4. The Morgan fingerprint density at radius 3 is 2.60 bits per heavy atom. The maximum atomic E-state index is 8.53. The van der Waals surface area contributed by atoms with Crippen LogP contribution in [0.3, 0.4) is 0 Å². The fourth-order valence-corrected chi connectivity index (χ4v) is 1.27. The molecule has 0 heterocycles. The van der Waals surface area contributed by atoms with Gasteiger partial charge < -0.3 is 20.4 Å². The fraction of sp³-hybridized carbons (Fsp3) is 0.300. The van der Waals surface area contributed by atoms with E-state index in [1.807, 2.05) is 6.07 Å². The van der Waals surface area contributed by atoms with Gasteiger partial charge in [0, 0.05) is 25.3 Å². The molecule has 0 spiro atoms. The van der Waals surface area contributed by atoms with Gasteiger partial charge in [0.2, 0.25) is 0 Å². The van der Waals surface area contributed by atoms with Gasteiger partial charge in [0.05, 0.1) is 0 Å². The van der Waals surface area contributed by atoms with Gasteiger partial charge in [-0.15, -0.1) is 0 Å². The van der Waals surface area contributed by atoms with E-state index in [4.69, 9.17) is 20.4 Å². The van der Waals surface area contributed by atoms with Gasteiger partial charge in [0.25, 0.3) is 0 Å². The molecule has 1 aromatic carbocycles. The monoisotopic (exact) mass is 210 g/mol. The SMILES string of the molecule is COC(OC)c1cccc(/C(N)=N/O)c1. The fourth-order valence-electron chi connectivity index (χ4n) is 1.27. The van der Waals surface area contributed by atoms with Gasteiger partial charge in [-0.3, -0.25) is 0 Å². The molecule has 3 N–H and O–H groups in total. The highest BCUT2D eigenvalue weighted by Gasteiger charge is 2.09. The van der Waals surface area contributed by atoms with E-state index in [0.29, 0.717) is 5.56 Å². The zero-order valence-corrected chi connectivity index (χ0v) is 8.68. The lowest BCUT2D eigenvalue weighted by Gasteiger charge is -2.14. The van der Waals surface area contributed by atoms with Crippen LogP contribution in [0.4, 0.5) is 0 Å². The maximum Gasteiger partial charge on any atom is 0.183 e. The summed E-state index contributed by atoms with van der Waals surface area (Å²) in [4.78, 5) is 0. The van der Waals surface area contributed by atoms with Crippen molar-refractivity contribution < 1.29 is 14.7 Å².